The zero-order valence-corrected chi connectivity index (χ0v) is 16.6. The maximum atomic E-state index is 12.1. The second-order valence-corrected chi connectivity index (χ2v) is 6.81. The standard InChI is InChI=1S/C25H21N3O2.H2/c1-18(29)21-17-26-25(28-23(21)16-19-10-4-2-5-11-19)27-22-14-8-9-15-24(22)30-20-12-6-3-7-13-20;/h2-15,17H,16H2,1H3,(H,26,27,28);1H. The molecule has 1 N–H and O–H groups in total. The van der Waals surface area contributed by atoms with Crippen LogP contribution in [0.15, 0.2) is 91.1 Å². The first-order chi connectivity index (χ1) is 14.7. The van der Waals surface area contributed by atoms with E-state index in [1.165, 1.54) is 6.92 Å². The summed E-state index contributed by atoms with van der Waals surface area (Å²) in [7, 11) is 0. The summed E-state index contributed by atoms with van der Waals surface area (Å²) in [5.74, 6) is 1.76. The predicted octanol–water partition coefficient (Wildman–Crippen LogP) is 6.05. The van der Waals surface area contributed by atoms with Gasteiger partial charge in [0.2, 0.25) is 5.95 Å². The Morgan fingerprint density at radius 2 is 1.60 bits per heavy atom. The fourth-order valence-corrected chi connectivity index (χ4v) is 3.09. The molecule has 30 heavy (non-hydrogen) atoms. The van der Waals surface area contributed by atoms with Gasteiger partial charge in [0.05, 0.1) is 16.9 Å². The third-order valence-corrected chi connectivity index (χ3v) is 4.57. The van der Waals surface area contributed by atoms with Crippen molar-refractivity contribution in [3.63, 3.8) is 0 Å². The number of carbonyl (C=O) groups excluding carboxylic acids is 1. The number of nitrogens with zero attached hydrogens (tertiary/aromatic N) is 2. The van der Waals surface area contributed by atoms with Gasteiger partial charge < -0.3 is 10.1 Å². The number of Topliss-reactive ketones (excluding diaryl/α,β-unsaturated/α-hetero) is 1. The lowest BCUT2D eigenvalue weighted by molar-refractivity contribution is 0.101. The van der Waals surface area contributed by atoms with Crippen LogP contribution in [0.4, 0.5) is 11.6 Å². The summed E-state index contributed by atoms with van der Waals surface area (Å²) >= 11 is 0. The number of hydrogen-bond donors (Lipinski definition) is 1. The van der Waals surface area contributed by atoms with Gasteiger partial charge >= 0.3 is 0 Å². The summed E-state index contributed by atoms with van der Waals surface area (Å²) in [6, 6.07) is 27.1. The minimum atomic E-state index is -0.0553. The first-order valence-electron chi connectivity index (χ1n) is 9.69. The minimum Gasteiger partial charge on any atom is -0.455 e. The normalized spacial score (nSPS) is 10.4. The Balaban J connectivity index is 0.00000272. The Kier molecular flexibility index (Phi) is 5.80. The lowest BCUT2D eigenvalue weighted by atomic mass is 10.0. The van der Waals surface area contributed by atoms with E-state index in [1.54, 1.807) is 6.20 Å². The van der Waals surface area contributed by atoms with Crippen molar-refractivity contribution in [3.05, 3.63) is 108 Å². The molecule has 4 aromatic rings. The van der Waals surface area contributed by atoms with Crippen molar-refractivity contribution in [1.82, 2.24) is 9.97 Å². The number of carbonyl (C=O) groups is 1. The number of para-hydroxylation sites is 3. The fraction of sp³-hybridized carbons (Fsp3) is 0.0800. The third kappa shape index (κ3) is 4.70. The summed E-state index contributed by atoms with van der Waals surface area (Å²) in [4.78, 5) is 21.0. The van der Waals surface area contributed by atoms with Crippen molar-refractivity contribution in [2.24, 2.45) is 0 Å². The van der Waals surface area contributed by atoms with E-state index in [0.29, 0.717) is 29.4 Å². The first kappa shape index (κ1) is 19.3. The van der Waals surface area contributed by atoms with E-state index in [9.17, 15) is 4.79 Å². The highest BCUT2D eigenvalue weighted by atomic mass is 16.5. The van der Waals surface area contributed by atoms with E-state index in [-0.39, 0.29) is 7.21 Å². The molecule has 5 nitrogen and oxygen atoms in total. The molecule has 0 aliphatic carbocycles. The van der Waals surface area contributed by atoms with E-state index < -0.39 is 0 Å². The van der Waals surface area contributed by atoms with Crippen molar-refractivity contribution >= 4 is 17.4 Å². The van der Waals surface area contributed by atoms with Crippen LogP contribution in [0.25, 0.3) is 0 Å². The average molecular weight is 397 g/mol. The number of rotatable bonds is 7. The van der Waals surface area contributed by atoms with Gasteiger partial charge in [-0.2, -0.15) is 0 Å². The molecule has 4 rings (SSSR count). The van der Waals surface area contributed by atoms with E-state index in [2.05, 4.69) is 15.3 Å². The highest BCUT2D eigenvalue weighted by molar-refractivity contribution is 5.95. The molecule has 0 saturated carbocycles. The molecule has 0 aliphatic heterocycles. The third-order valence-electron chi connectivity index (χ3n) is 4.57. The van der Waals surface area contributed by atoms with Gasteiger partial charge in [-0.1, -0.05) is 60.7 Å². The summed E-state index contributed by atoms with van der Waals surface area (Å²) in [5.41, 5.74) is 3.03. The zero-order chi connectivity index (χ0) is 20.8. The van der Waals surface area contributed by atoms with Gasteiger partial charge in [-0.15, -0.1) is 0 Å². The van der Waals surface area contributed by atoms with Crippen LogP contribution in [-0.4, -0.2) is 15.8 Å². The summed E-state index contributed by atoms with van der Waals surface area (Å²) in [6.07, 6.45) is 2.13. The average Bonchev–Trinajstić information content (AvgIpc) is 2.77. The molecule has 0 amide bonds. The number of hydrogen-bond acceptors (Lipinski definition) is 5. The van der Waals surface area contributed by atoms with Gasteiger partial charge in [0.1, 0.15) is 5.75 Å². The zero-order valence-electron chi connectivity index (χ0n) is 16.6. The van der Waals surface area contributed by atoms with Crippen molar-refractivity contribution in [1.29, 1.82) is 0 Å². The Hall–Kier alpha value is -3.99. The maximum absolute atomic E-state index is 12.1. The number of benzene rings is 3. The highest BCUT2D eigenvalue weighted by Crippen LogP contribution is 2.30. The number of nitrogens with one attached hydrogen (secondary N) is 1. The molecular formula is C25H23N3O2. The van der Waals surface area contributed by atoms with E-state index in [4.69, 9.17) is 4.74 Å². The van der Waals surface area contributed by atoms with Gasteiger partial charge in [0, 0.05) is 14.0 Å². The molecule has 0 aliphatic rings. The Morgan fingerprint density at radius 3 is 2.33 bits per heavy atom. The molecule has 0 fully saturated rings. The molecular weight excluding hydrogens is 374 g/mol. The number of ketones is 1. The van der Waals surface area contributed by atoms with E-state index in [1.807, 2.05) is 84.9 Å². The van der Waals surface area contributed by atoms with Crippen LogP contribution < -0.4 is 10.1 Å². The van der Waals surface area contributed by atoms with E-state index in [0.717, 1.165) is 17.0 Å². The van der Waals surface area contributed by atoms with Gasteiger partial charge in [-0.05, 0) is 36.8 Å². The number of anilines is 2. The van der Waals surface area contributed by atoms with Crippen LogP contribution in [0.5, 0.6) is 11.5 Å². The van der Waals surface area contributed by atoms with Gasteiger partial charge in [-0.25, -0.2) is 9.97 Å². The molecule has 1 heterocycles. The van der Waals surface area contributed by atoms with Crippen molar-refractivity contribution in [3.8, 4) is 11.5 Å². The van der Waals surface area contributed by atoms with Crippen LogP contribution >= 0.6 is 0 Å². The second-order valence-electron chi connectivity index (χ2n) is 6.81. The highest BCUT2D eigenvalue weighted by Gasteiger charge is 2.13. The Bertz CT molecular complexity index is 1150. The summed E-state index contributed by atoms with van der Waals surface area (Å²) < 4.78 is 6.00. The quantitative estimate of drug-likeness (QED) is 0.385. The molecule has 3 aromatic carbocycles. The predicted molar refractivity (Wildman–Crippen MR) is 120 cm³/mol. The van der Waals surface area contributed by atoms with Crippen molar-refractivity contribution < 1.29 is 11.0 Å². The lowest BCUT2D eigenvalue weighted by Gasteiger charge is -2.13. The van der Waals surface area contributed by atoms with Crippen LogP contribution in [0, 0.1) is 0 Å². The van der Waals surface area contributed by atoms with Crippen molar-refractivity contribution in [2.75, 3.05) is 5.32 Å². The fourth-order valence-electron chi connectivity index (χ4n) is 3.09. The Labute approximate surface area is 176 Å². The van der Waals surface area contributed by atoms with Crippen LogP contribution in [-0.2, 0) is 6.42 Å². The topological polar surface area (TPSA) is 64.1 Å². The molecule has 1 aromatic heterocycles. The maximum Gasteiger partial charge on any atom is 0.227 e. The van der Waals surface area contributed by atoms with Gasteiger partial charge in [0.15, 0.2) is 11.5 Å². The smallest absolute Gasteiger partial charge is 0.227 e. The lowest BCUT2D eigenvalue weighted by Crippen LogP contribution is -2.08. The molecule has 0 saturated heterocycles. The van der Waals surface area contributed by atoms with Crippen LogP contribution in [0.1, 0.15) is 30.0 Å². The Morgan fingerprint density at radius 1 is 0.933 bits per heavy atom. The first-order valence-corrected chi connectivity index (χ1v) is 9.69. The summed E-state index contributed by atoms with van der Waals surface area (Å²) in [6.45, 7) is 1.53. The number of aromatic nitrogens is 2. The van der Waals surface area contributed by atoms with Crippen LogP contribution in [0.3, 0.4) is 0 Å². The molecule has 0 spiro atoms. The van der Waals surface area contributed by atoms with E-state index >= 15 is 0 Å². The molecule has 0 bridgehead atoms. The second kappa shape index (κ2) is 9.01. The van der Waals surface area contributed by atoms with Crippen molar-refractivity contribution in [2.45, 2.75) is 13.3 Å². The molecule has 0 radical (unpaired) electrons. The minimum absolute atomic E-state index is 0. The SMILES string of the molecule is CC(=O)c1cnc(Nc2ccccc2Oc2ccccc2)nc1Cc1ccccc1.[HH]. The molecule has 150 valence electrons. The number of ether oxygens (including phenoxy) is 1. The van der Waals surface area contributed by atoms with Gasteiger partial charge in [0.25, 0.3) is 0 Å². The monoisotopic (exact) mass is 397 g/mol. The largest absolute Gasteiger partial charge is 0.455 e. The summed E-state index contributed by atoms with van der Waals surface area (Å²) in [5, 5.41) is 3.23. The molecule has 0 unspecified atom stereocenters. The molecule has 0 atom stereocenters. The molecule has 5 heteroatoms. The van der Waals surface area contributed by atoms with Crippen LogP contribution in [0.2, 0.25) is 0 Å². The van der Waals surface area contributed by atoms with Gasteiger partial charge in [-0.3, -0.25) is 4.79 Å².